The van der Waals surface area contributed by atoms with Gasteiger partial charge >= 0.3 is 12.5 Å². The minimum absolute atomic E-state index is 0.315. The van der Waals surface area contributed by atoms with E-state index in [0.717, 1.165) is 0 Å². The molecular formula is C19H18F3NO4. The molecular weight excluding hydrogens is 363 g/mol. The van der Waals surface area contributed by atoms with E-state index < -0.39 is 24.1 Å². The molecule has 144 valence electrons. The Hall–Kier alpha value is -2.90. The van der Waals surface area contributed by atoms with Gasteiger partial charge in [0, 0.05) is 12.0 Å². The maximum atomic E-state index is 12.4. The summed E-state index contributed by atoms with van der Waals surface area (Å²) < 4.78 is 47.2. The molecule has 1 atom stereocenters. The monoisotopic (exact) mass is 381 g/mol. The fourth-order valence-corrected chi connectivity index (χ4v) is 3.18. The van der Waals surface area contributed by atoms with Gasteiger partial charge in [0.1, 0.15) is 17.1 Å². The molecule has 2 N–H and O–H groups in total. The zero-order chi connectivity index (χ0) is 19.8. The molecule has 27 heavy (non-hydrogen) atoms. The van der Waals surface area contributed by atoms with Gasteiger partial charge in [0.25, 0.3) is 0 Å². The van der Waals surface area contributed by atoms with Crippen LogP contribution in [0.4, 0.5) is 18.0 Å². The number of hydrogen-bond acceptors (Lipinski definition) is 3. The first-order valence-electron chi connectivity index (χ1n) is 8.21. The third kappa shape index (κ3) is 4.64. The molecule has 1 aliphatic heterocycles. The second-order valence-corrected chi connectivity index (χ2v) is 6.90. The van der Waals surface area contributed by atoms with E-state index in [9.17, 15) is 18.0 Å². The molecule has 0 spiro atoms. The van der Waals surface area contributed by atoms with Crippen LogP contribution < -0.4 is 14.8 Å². The highest BCUT2D eigenvalue weighted by Crippen LogP contribution is 2.41. The van der Waals surface area contributed by atoms with Gasteiger partial charge in [0.05, 0.1) is 6.04 Å². The van der Waals surface area contributed by atoms with E-state index in [4.69, 9.17) is 9.84 Å². The van der Waals surface area contributed by atoms with E-state index in [2.05, 4.69) is 10.1 Å². The molecule has 0 radical (unpaired) electrons. The van der Waals surface area contributed by atoms with Gasteiger partial charge in [-0.2, -0.15) is 0 Å². The Morgan fingerprint density at radius 1 is 1.22 bits per heavy atom. The summed E-state index contributed by atoms with van der Waals surface area (Å²) in [5.41, 5.74) is 1.24. The van der Waals surface area contributed by atoms with Crippen LogP contribution in [0.15, 0.2) is 42.5 Å². The van der Waals surface area contributed by atoms with Crippen molar-refractivity contribution in [1.29, 1.82) is 0 Å². The molecule has 0 aliphatic carbocycles. The van der Waals surface area contributed by atoms with Gasteiger partial charge in [-0.1, -0.05) is 24.3 Å². The standard InChI is InChI=1S/C19H18F3NO4/c1-18(2)10-15(23-17(24)25)14-7-6-12(9-16(14)27-18)11-4-3-5-13(8-11)26-19(20,21)22/h3-9,15,23H,10H2,1-2H3,(H,24,25). The topological polar surface area (TPSA) is 67.8 Å². The van der Waals surface area contributed by atoms with Crippen molar-refractivity contribution in [3.05, 3.63) is 48.0 Å². The van der Waals surface area contributed by atoms with Gasteiger partial charge in [-0.15, -0.1) is 13.2 Å². The van der Waals surface area contributed by atoms with Crippen LogP contribution >= 0.6 is 0 Å². The molecule has 2 aromatic carbocycles. The number of hydrogen-bond donors (Lipinski definition) is 2. The minimum atomic E-state index is -4.77. The highest BCUT2D eigenvalue weighted by molar-refractivity contribution is 5.69. The van der Waals surface area contributed by atoms with Crippen LogP contribution in [0.1, 0.15) is 31.9 Å². The van der Waals surface area contributed by atoms with E-state index in [0.29, 0.717) is 28.9 Å². The number of halogens is 3. The molecule has 0 fully saturated rings. The van der Waals surface area contributed by atoms with Gasteiger partial charge < -0.3 is 19.9 Å². The lowest BCUT2D eigenvalue weighted by molar-refractivity contribution is -0.274. The molecule has 0 saturated heterocycles. The van der Waals surface area contributed by atoms with Crippen molar-refractivity contribution in [2.45, 2.75) is 38.3 Å². The van der Waals surface area contributed by atoms with E-state index in [1.165, 1.54) is 18.2 Å². The summed E-state index contributed by atoms with van der Waals surface area (Å²) in [4.78, 5) is 11.1. The van der Waals surface area contributed by atoms with Crippen LogP contribution in [0.25, 0.3) is 11.1 Å². The van der Waals surface area contributed by atoms with Crippen LogP contribution in [0.2, 0.25) is 0 Å². The molecule has 0 bridgehead atoms. The first-order chi connectivity index (χ1) is 12.5. The number of carbonyl (C=O) groups is 1. The Balaban J connectivity index is 1.96. The molecule has 1 heterocycles. The lowest BCUT2D eigenvalue weighted by Gasteiger charge is -2.37. The predicted molar refractivity (Wildman–Crippen MR) is 91.8 cm³/mol. The Labute approximate surface area is 153 Å². The minimum Gasteiger partial charge on any atom is -0.487 e. The first-order valence-corrected chi connectivity index (χ1v) is 8.21. The highest BCUT2D eigenvalue weighted by Gasteiger charge is 2.35. The van der Waals surface area contributed by atoms with Crippen molar-refractivity contribution < 1.29 is 32.5 Å². The fraction of sp³-hybridized carbons (Fsp3) is 0.316. The van der Waals surface area contributed by atoms with Crippen LogP contribution in [0.5, 0.6) is 11.5 Å². The van der Waals surface area contributed by atoms with Gasteiger partial charge in [-0.25, -0.2) is 4.79 Å². The molecule has 8 heteroatoms. The van der Waals surface area contributed by atoms with E-state index >= 15 is 0 Å². The Kier molecular flexibility index (Phi) is 4.67. The predicted octanol–water partition coefficient (Wildman–Crippen LogP) is 5.12. The van der Waals surface area contributed by atoms with Crippen LogP contribution in [0, 0.1) is 0 Å². The largest absolute Gasteiger partial charge is 0.573 e. The summed E-state index contributed by atoms with van der Waals surface area (Å²) in [7, 11) is 0. The molecule has 3 rings (SSSR count). The maximum Gasteiger partial charge on any atom is 0.573 e. The summed E-state index contributed by atoms with van der Waals surface area (Å²) in [6.07, 6.45) is -5.44. The number of rotatable bonds is 3. The van der Waals surface area contributed by atoms with Crippen LogP contribution in [-0.4, -0.2) is 23.2 Å². The van der Waals surface area contributed by atoms with E-state index in [-0.39, 0.29) is 5.75 Å². The Morgan fingerprint density at radius 2 is 1.93 bits per heavy atom. The summed E-state index contributed by atoms with van der Waals surface area (Å²) in [6.45, 7) is 3.69. The van der Waals surface area contributed by atoms with Crippen molar-refractivity contribution in [1.82, 2.24) is 5.32 Å². The van der Waals surface area contributed by atoms with Crippen LogP contribution in [0.3, 0.4) is 0 Å². The zero-order valence-electron chi connectivity index (χ0n) is 14.6. The second-order valence-electron chi connectivity index (χ2n) is 6.90. The molecule has 0 aromatic heterocycles. The molecule has 1 aliphatic rings. The number of ether oxygens (including phenoxy) is 2. The molecule has 0 saturated carbocycles. The quantitative estimate of drug-likeness (QED) is 0.774. The van der Waals surface area contributed by atoms with Gasteiger partial charge in [-0.3, -0.25) is 0 Å². The SMILES string of the molecule is CC1(C)CC(NC(=O)O)c2ccc(-c3cccc(OC(F)(F)F)c3)cc2O1. The highest BCUT2D eigenvalue weighted by atomic mass is 19.4. The molecule has 1 amide bonds. The lowest BCUT2D eigenvalue weighted by atomic mass is 9.88. The summed E-state index contributed by atoms with van der Waals surface area (Å²) in [6, 6.07) is 10.3. The summed E-state index contributed by atoms with van der Waals surface area (Å²) >= 11 is 0. The maximum absolute atomic E-state index is 12.4. The number of benzene rings is 2. The lowest BCUT2D eigenvalue weighted by Crippen LogP contribution is -2.40. The van der Waals surface area contributed by atoms with Crippen molar-refractivity contribution in [2.75, 3.05) is 0 Å². The fourth-order valence-electron chi connectivity index (χ4n) is 3.18. The normalized spacial score (nSPS) is 18.2. The summed E-state index contributed by atoms with van der Waals surface area (Å²) in [5.74, 6) is 0.175. The van der Waals surface area contributed by atoms with Gasteiger partial charge in [0.15, 0.2) is 0 Å². The summed E-state index contributed by atoms with van der Waals surface area (Å²) in [5, 5.41) is 11.5. The molecule has 1 unspecified atom stereocenters. The van der Waals surface area contributed by atoms with Crippen molar-refractivity contribution in [3.8, 4) is 22.6 Å². The number of nitrogens with one attached hydrogen (secondary N) is 1. The van der Waals surface area contributed by atoms with Crippen LogP contribution in [-0.2, 0) is 0 Å². The number of fused-ring (bicyclic) bond motifs is 1. The third-order valence-corrected chi connectivity index (χ3v) is 4.17. The Bertz CT molecular complexity index is 864. The van der Waals surface area contributed by atoms with Gasteiger partial charge in [-0.05, 0) is 43.2 Å². The van der Waals surface area contributed by atoms with Gasteiger partial charge in [0.2, 0.25) is 0 Å². The number of carboxylic acid groups (broad SMARTS) is 1. The zero-order valence-corrected chi connectivity index (χ0v) is 14.6. The van der Waals surface area contributed by atoms with E-state index in [1.807, 2.05) is 13.8 Å². The molecule has 2 aromatic rings. The van der Waals surface area contributed by atoms with Crippen molar-refractivity contribution in [2.24, 2.45) is 0 Å². The third-order valence-electron chi connectivity index (χ3n) is 4.17. The average Bonchev–Trinajstić information content (AvgIpc) is 2.51. The first kappa shape index (κ1) is 18.9. The van der Waals surface area contributed by atoms with E-state index in [1.54, 1.807) is 24.3 Å². The second kappa shape index (κ2) is 6.68. The number of alkyl halides is 3. The number of amides is 1. The van der Waals surface area contributed by atoms with Crippen molar-refractivity contribution in [3.63, 3.8) is 0 Å². The molecule has 5 nitrogen and oxygen atoms in total. The van der Waals surface area contributed by atoms with Crippen molar-refractivity contribution >= 4 is 6.09 Å². The smallest absolute Gasteiger partial charge is 0.487 e. The Morgan fingerprint density at radius 3 is 2.59 bits per heavy atom. The average molecular weight is 381 g/mol.